The number of pyridine rings is 1. The molecule has 1 aliphatic heterocycles. The number of nitrogens with zero attached hydrogens (tertiary/aromatic N) is 4. The molecule has 0 bridgehead atoms. The van der Waals surface area contributed by atoms with Gasteiger partial charge in [-0.1, -0.05) is 36.4 Å². The number of rotatable bonds is 8. The molecule has 1 atom stereocenters. The van der Waals surface area contributed by atoms with Crippen LogP contribution in [-0.2, 0) is 4.74 Å². The summed E-state index contributed by atoms with van der Waals surface area (Å²) in [5.41, 5.74) is 6.16. The van der Waals surface area contributed by atoms with Gasteiger partial charge >= 0.3 is 0 Å². The number of anilines is 4. The zero-order valence-corrected chi connectivity index (χ0v) is 25.0. The third-order valence-electron chi connectivity index (χ3n) is 7.92. The van der Waals surface area contributed by atoms with Gasteiger partial charge < -0.3 is 30.0 Å². The molecule has 224 valence electrons. The Morgan fingerprint density at radius 2 is 1.73 bits per heavy atom. The van der Waals surface area contributed by atoms with Crippen molar-refractivity contribution in [2.75, 3.05) is 41.8 Å². The van der Waals surface area contributed by atoms with Gasteiger partial charge in [0.05, 0.1) is 30.3 Å². The van der Waals surface area contributed by atoms with Crippen molar-refractivity contribution in [2.45, 2.75) is 26.8 Å². The molecule has 0 spiro atoms. The Labute approximate surface area is 256 Å². The van der Waals surface area contributed by atoms with Gasteiger partial charge in [0.25, 0.3) is 11.8 Å². The van der Waals surface area contributed by atoms with E-state index in [2.05, 4.69) is 30.8 Å². The van der Waals surface area contributed by atoms with Crippen LogP contribution in [0.3, 0.4) is 0 Å². The quantitative estimate of drug-likeness (QED) is 0.214. The van der Waals surface area contributed by atoms with Gasteiger partial charge in [0.2, 0.25) is 0 Å². The summed E-state index contributed by atoms with van der Waals surface area (Å²) in [6.45, 7) is 8.65. The summed E-state index contributed by atoms with van der Waals surface area (Å²) >= 11 is 0. The smallest absolute Gasteiger partial charge is 0.255 e. The fraction of sp³-hybridized carbons (Fsp3) is 0.235. The number of morpholine rings is 1. The van der Waals surface area contributed by atoms with Crippen molar-refractivity contribution >= 4 is 40.3 Å². The van der Waals surface area contributed by atoms with Crippen molar-refractivity contribution in [1.82, 2.24) is 19.7 Å². The standard InChI is InChI=1S/C34H35N7O3/c1-22-9-10-27(38-33(42)26-11-12-35-30(19-26)40-15-17-44-18-16-40)20-29(22)39-32-31-23(2)28(21-41(31)14-13-36-32)34(43)37-24(3)25-7-5-4-6-8-25/h4-14,19-21,24H,15-18H2,1-3H3,(H,36,39)(H,37,43)(H,38,42)/t24-/m0/s1. The Hall–Kier alpha value is -5.22. The Kier molecular flexibility index (Phi) is 8.25. The maximum Gasteiger partial charge on any atom is 0.255 e. The molecule has 5 aromatic rings. The van der Waals surface area contributed by atoms with Crippen LogP contribution in [0.1, 0.15) is 50.4 Å². The second-order valence-corrected chi connectivity index (χ2v) is 10.9. The molecule has 3 aromatic heterocycles. The van der Waals surface area contributed by atoms with Crippen molar-refractivity contribution in [1.29, 1.82) is 0 Å². The minimum absolute atomic E-state index is 0.138. The molecule has 1 saturated heterocycles. The van der Waals surface area contributed by atoms with E-state index in [9.17, 15) is 9.59 Å². The van der Waals surface area contributed by atoms with Gasteiger partial charge in [-0.25, -0.2) is 9.97 Å². The number of amides is 2. The number of ether oxygens (including phenoxy) is 1. The largest absolute Gasteiger partial charge is 0.378 e. The lowest BCUT2D eigenvalue weighted by molar-refractivity contribution is 0.0938. The number of hydrogen-bond donors (Lipinski definition) is 3. The first-order valence-electron chi connectivity index (χ1n) is 14.7. The van der Waals surface area contributed by atoms with Crippen LogP contribution in [0.5, 0.6) is 0 Å². The summed E-state index contributed by atoms with van der Waals surface area (Å²) in [5, 5.41) is 9.56. The number of carbonyl (C=O) groups is 2. The SMILES string of the molecule is Cc1ccc(NC(=O)c2ccnc(N3CCOCC3)c2)cc1Nc1nccn2cc(C(=O)N[C@@H](C)c3ccccc3)c(C)c12. The molecule has 6 rings (SSSR count). The van der Waals surface area contributed by atoms with E-state index in [1.54, 1.807) is 18.5 Å². The highest BCUT2D eigenvalue weighted by Gasteiger charge is 2.20. The maximum absolute atomic E-state index is 13.3. The van der Waals surface area contributed by atoms with Gasteiger partial charge in [-0.2, -0.15) is 0 Å². The van der Waals surface area contributed by atoms with Gasteiger partial charge in [-0.05, 0) is 61.7 Å². The Morgan fingerprint density at radius 3 is 2.52 bits per heavy atom. The van der Waals surface area contributed by atoms with Crippen LogP contribution in [-0.4, -0.2) is 52.5 Å². The number of benzene rings is 2. The first-order chi connectivity index (χ1) is 21.4. The predicted octanol–water partition coefficient (Wildman–Crippen LogP) is 5.67. The van der Waals surface area contributed by atoms with Gasteiger partial charge in [0, 0.05) is 54.8 Å². The van der Waals surface area contributed by atoms with Crippen molar-refractivity contribution in [3.63, 3.8) is 0 Å². The Bertz CT molecular complexity index is 1810. The highest BCUT2D eigenvalue weighted by atomic mass is 16.5. The normalized spacial score (nSPS) is 13.8. The monoisotopic (exact) mass is 589 g/mol. The summed E-state index contributed by atoms with van der Waals surface area (Å²) in [6.07, 6.45) is 7.01. The number of hydrogen-bond acceptors (Lipinski definition) is 7. The molecule has 3 N–H and O–H groups in total. The Morgan fingerprint density at radius 1 is 0.932 bits per heavy atom. The lowest BCUT2D eigenvalue weighted by atomic mass is 10.1. The molecule has 2 amide bonds. The summed E-state index contributed by atoms with van der Waals surface area (Å²) in [4.78, 5) is 37.7. The van der Waals surface area contributed by atoms with E-state index in [1.807, 2.05) is 92.2 Å². The molecular weight excluding hydrogens is 554 g/mol. The average molecular weight is 590 g/mol. The molecule has 44 heavy (non-hydrogen) atoms. The molecule has 1 fully saturated rings. The van der Waals surface area contributed by atoms with E-state index in [-0.39, 0.29) is 17.9 Å². The topological polar surface area (TPSA) is 113 Å². The second-order valence-electron chi connectivity index (χ2n) is 10.9. The molecule has 0 saturated carbocycles. The number of aromatic nitrogens is 3. The number of aryl methyl sites for hydroxylation is 2. The third-order valence-corrected chi connectivity index (χ3v) is 7.92. The lowest BCUT2D eigenvalue weighted by Gasteiger charge is -2.27. The van der Waals surface area contributed by atoms with Gasteiger partial charge in [0.15, 0.2) is 5.82 Å². The maximum atomic E-state index is 13.3. The first-order valence-corrected chi connectivity index (χ1v) is 14.7. The van der Waals surface area contributed by atoms with E-state index >= 15 is 0 Å². The van der Waals surface area contributed by atoms with Gasteiger partial charge in [-0.15, -0.1) is 0 Å². The van der Waals surface area contributed by atoms with Gasteiger partial charge in [-0.3, -0.25) is 9.59 Å². The average Bonchev–Trinajstić information content (AvgIpc) is 3.40. The van der Waals surface area contributed by atoms with E-state index in [0.717, 1.165) is 46.8 Å². The zero-order valence-electron chi connectivity index (χ0n) is 25.0. The minimum Gasteiger partial charge on any atom is -0.378 e. The highest BCUT2D eigenvalue weighted by molar-refractivity contribution is 6.05. The number of fused-ring (bicyclic) bond motifs is 1. The van der Waals surface area contributed by atoms with Crippen LogP contribution in [0.25, 0.3) is 5.52 Å². The van der Waals surface area contributed by atoms with Crippen LogP contribution in [0, 0.1) is 13.8 Å². The van der Waals surface area contributed by atoms with Crippen molar-refractivity contribution in [3.8, 4) is 0 Å². The highest BCUT2D eigenvalue weighted by Crippen LogP contribution is 2.29. The van der Waals surface area contributed by atoms with E-state index < -0.39 is 0 Å². The summed E-state index contributed by atoms with van der Waals surface area (Å²) < 4.78 is 7.34. The molecule has 10 heteroatoms. The van der Waals surface area contributed by atoms with Crippen molar-refractivity contribution in [2.24, 2.45) is 0 Å². The van der Waals surface area contributed by atoms with E-state index in [4.69, 9.17) is 4.74 Å². The second kappa shape index (κ2) is 12.6. The van der Waals surface area contributed by atoms with Crippen LogP contribution < -0.4 is 20.9 Å². The Balaban J connectivity index is 1.21. The molecule has 0 unspecified atom stereocenters. The fourth-order valence-corrected chi connectivity index (χ4v) is 5.39. The lowest BCUT2D eigenvalue weighted by Crippen LogP contribution is -2.36. The first kappa shape index (κ1) is 28.9. The summed E-state index contributed by atoms with van der Waals surface area (Å²) in [5.74, 6) is 0.995. The number of carbonyl (C=O) groups excluding carboxylic acids is 2. The molecule has 4 heterocycles. The molecule has 0 aliphatic carbocycles. The van der Waals surface area contributed by atoms with Crippen molar-refractivity contribution < 1.29 is 14.3 Å². The zero-order chi connectivity index (χ0) is 30.6. The molecular formula is C34H35N7O3. The predicted molar refractivity (Wildman–Crippen MR) is 172 cm³/mol. The van der Waals surface area contributed by atoms with E-state index in [0.29, 0.717) is 35.8 Å². The van der Waals surface area contributed by atoms with Crippen LogP contribution in [0.4, 0.5) is 23.0 Å². The summed E-state index contributed by atoms with van der Waals surface area (Å²) in [6, 6.07) is 19.0. The number of nitrogens with one attached hydrogen (secondary N) is 3. The van der Waals surface area contributed by atoms with Crippen LogP contribution >= 0.6 is 0 Å². The van der Waals surface area contributed by atoms with Crippen LogP contribution in [0.15, 0.2) is 85.5 Å². The molecule has 1 aliphatic rings. The molecule has 10 nitrogen and oxygen atoms in total. The van der Waals surface area contributed by atoms with Gasteiger partial charge in [0.1, 0.15) is 5.82 Å². The van der Waals surface area contributed by atoms with Crippen molar-refractivity contribution in [3.05, 3.63) is 113 Å². The fourth-order valence-electron chi connectivity index (χ4n) is 5.39. The minimum atomic E-state index is -0.222. The molecule has 2 aromatic carbocycles. The molecule has 0 radical (unpaired) electrons. The summed E-state index contributed by atoms with van der Waals surface area (Å²) in [7, 11) is 0. The van der Waals surface area contributed by atoms with E-state index in [1.165, 1.54) is 0 Å². The van der Waals surface area contributed by atoms with Crippen LogP contribution in [0.2, 0.25) is 0 Å². The third kappa shape index (κ3) is 6.11.